The first kappa shape index (κ1) is 19.4. The number of benzene rings is 2. The van der Waals surface area contributed by atoms with Crippen molar-refractivity contribution >= 4 is 51.5 Å². The maximum Gasteiger partial charge on any atom is 0.256 e. The Kier molecular flexibility index (Phi) is 6.11. The number of hydrogen-bond acceptors (Lipinski definition) is 4. The van der Waals surface area contributed by atoms with Gasteiger partial charge in [-0.1, -0.05) is 35.3 Å². The molecule has 0 aliphatic heterocycles. The van der Waals surface area contributed by atoms with Crippen LogP contribution in [0.1, 0.15) is 32.0 Å². The highest BCUT2D eigenvalue weighted by Gasteiger charge is 2.20. The summed E-state index contributed by atoms with van der Waals surface area (Å²) < 4.78 is 4.19. The fraction of sp³-hybridized carbons (Fsp3) is 0.105. The lowest BCUT2D eigenvalue weighted by Crippen LogP contribution is -2.24. The van der Waals surface area contributed by atoms with Gasteiger partial charge in [-0.15, -0.1) is 0 Å². The number of nitrogens with one attached hydrogen (secondary N) is 2. The van der Waals surface area contributed by atoms with Crippen molar-refractivity contribution < 1.29 is 9.59 Å². The molecule has 3 rings (SSSR count). The quantitative estimate of drug-likeness (QED) is 0.614. The molecule has 27 heavy (non-hydrogen) atoms. The lowest BCUT2D eigenvalue weighted by Gasteiger charge is -2.08. The smallest absolute Gasteiger partial charge is 0.256 e. The predicted octanol–water partition coefficient (Wildman–Crippen LogP) is 4.94. The second-order valence-electron chi connectivity index (χ2n) is 5.74. The fourth-order valence-corrected chi connectivity index (χ4v) is 3.41. The van der Waals surface area contributed by atoms with Gasteiger partial charge in [0.05, 0.1) is 11.3 Å². The summed E-state index contributed by atoms with van der Waals surface area (Å²) in [6.45, 7) is 2.07. The number of hydrogen-bond donors (Lipinski definition) is 2. The molecule has 2 amide bonds. The Hall–Kier alpha value is -2.41. The van der Waals surface area contributed by atoms with E-state index in [1.54, 1.807) is 43.3 Å². The van der Waals surface area contributed by atoms with Crippen LogP contribution in [0.3, 0.4) is 0 Å². The van der Waals surface area contributed by atoms with E-state index in [-0.39, 0.29) is 11.8 Å². The lowest BCUT2D eigenvalue weighted by atomic mass is 10.2. The molecule has 0 atom stereocenters. The third-order valence-corrected chi connectivity index (χ3v) is 5.15. The van der Waals surface area contributed by atoms with Crippen LogP contribution < -0.4 is 10.6 Å². The number of amides is 2. The third-order valence-electron chi connectivity index (χ3n) is 3.79. The molecule has 0 aliphatic rings. The van der Waals surface area contributed by atoms with Crippen LogP contribution in [0.25, 0.3) is 0 Å². The zero-order chi connectivity index (χ0) is 19.4. The van der Waals surface area contributed by atoms with E-state index in [1.807, 2.05) is 12.1 Å². The van der Waals surface area contributed by atoms with Crippen LogP contribution in [0.2, 0.25) is 10.0 Å². The van der Waals surface area contributed by atoms with Gasteiger partial charge in [-0.3, -0.25) is 9.59 Å². The van der Waals surface area contributed by atoms with E-state index in [1.165, 1.54) is 0 Å². The minimum Gasteiger partial charge on any atom is -0.348 e. The van der Waals surface area contributed by atoms with E-state index in [4.69, 9.17) is 23.2 Å². The van der Waals surface area contributed by atoms with E-state index in [0.29, 0.717) is 38.4 Å². The van der Waals surface area contributed by atoms with Gasteiger partial charge in [0.1, 0.15) is 5.00 Å². The molecule has 8 heteroatoms. The summed E-state index contributed by atoms with van der Waals surface area (Å²) >= 11 is 12.8. The Bertz CT molecular complexity index is 970. The van der Waals surface area contributed by atoms with Gasteiger partial charge < -0.3 is 10.6 Å². The van der Waals surface area contributed by atoms with Gasteiger partial charge in [-0.2, -0.15) is 4.37 Å². The van der Waals surface area contributed by atoms with E-state index in [0.717, 1.165) is 17.1 Å². The summed E-state index contributed by atoms with van der Waals surface area (Å²) in [5.74, 6) is -0.635. The number of nitrogens with zero attached hydrogens (tertiary/aromatic N) is 1. The molecule has 0 radical (unpaired) electrons. The Morgan fingerprint density at radius 3 is 2.19 bits per heavy atom. The molecule has 0 saturated heterocycles. The monoisotopic (exact) mass is 419 g/mol. The number of aromatic nitrogens is 1. The largest absolute Gasteiger partial charge is 0.348 e. The molecule has 0 saturated carbocycles. The topological polar surface area (TPSA) is 71.1 Å². The standard InChI is InChI=1S/C19H15Cl2N3O2S/c1-11-16(18(26)22-10-12-2-6-14(20)7-3-12)19(27-24-11)23-17(25)13-4-8-15(21)9-5-13/h2-9H,10H2,1H3,(H,22,26)(H,23,25). The van der Waals surface area contributed by atoms with Crippen LogP contribution in [0.5, 0.6) is 0 Å². The maximum atomic E-state index is 12.6. The molecule has 0 unspecified atom stereocenters. The van der Waals surface area contributed by atoms with E-state index >= 15 is 0 Å². The molecule has 138 valence electrons. The van der Waals surface area contributed by atoms with Gasteiger partial charge in [0.25, 0.3) is 11.8 Å². The Morgan fingerprint density at radius 1 is 0.963 bits per heavy atom. The van der Waals surface area contributed by atoms with Crippen LogP contribution in [0.15, 0.2) is 48.5 Å². The highest BCUT2D eigenvalue weighted by Crippen LogP contribution is 2.25. The maximum absolute atomic E-state index is 12.6. The number of aryl methyl sites for hydroxylation is 1. The van der Waals surface area contributed by atoms with E-state index < -0.39 is 0 Å². The van der Waals surface area contributed by atoms with E-state index in [9.17, 15) is 9.59 Å². The predicted molar refractivity (Wildman–Crippen MR) is 109 cm³/mol. The van der Waals surface area contributed by atoms with Crippen molar-refractivity contribution in [1.29, 1.82) is 0 Å². The first-order valence-corrected chi connectivity index (χ1v) is 9.53. The summed E-state index contributed by atoms with van der Waals surface area (Å²) in [4.78, 5) is 25.0. The molecule has 0 fully saturated rings. The summed E-state index contributed by atoms with van der Waals surface area (Å²) in [6, 6.07) is 13.7. The van der Waals surface area contributed by atoms with Crippen molar-refractivity contribution in [2.45, 2.75) is 13.5 Å². The number of carbonyl (C=O) groups is 2. The molecule has 0 aliphatic carbocycles. The van der Waals surface area contributed by atoms with Crippen LogP contribution in [0.4, 0.5) is 5.00 Å². The van der Waals surface area contributed by atoms with Gasteiger partial charge in [0.2, 0.25) is 0 Å². The zero-order valence-electron chi connectivity index (χ0n) is 14.3. The molecular formula is C19H15Cl2N3O2S. The van der Waals surface area contributed by atoms with Crippen molar-refractivity contribution in [3.63, 3.8) is 0 Å². The van der Waals surface area contributed by atoms with Gasteiger partial charge >= 0.3 is 0 Å². The average molecular weight is 420 g/mol. The average Bonchev–Trinajstić information content (AvgIpc) is 3.01. The Morgan fingerprint density at radius 2 is 1.56 bits per heavy atom. The zero-order valence-corrected chi connectivity index (χ0v) is 16.6. The SMILES string of the molecule is Cc1nsc(NC(=O)c2ccc(Cl)cc2)c1C(=O)NCc1ccc(Cl)cc1. The number of carbonyl (C=O) groups excluding carboxylic acids is 2. The van der Waals surface area contributed by atoms with Crippen molar-refractivity contribution in [2.75, 3.05) is 5.32 Å². The molecule has 5 nitrogen and oxygen atoms in total. The van der Waals surface area contributed by atoms with Crippen molar-refractivity contribution in [2.24, 2.45) is 0 Å². The van der Waals surface area contributed by atoms with Gasteiger partial charge in [0.15, 0.2) is 0 Å². The molecule has 1 heterocycles. The third kappa shape index (κ3) is 4.86. The Labute approximate surface area is 170 Å². The van der Waals surface area contributed by atoms with Crippen LogP contribution in [0, 0.1) is 6.92 Å². The Balaban J connectivity index is 1.71. The highest BCUT2D eigenvalue weighted by atomic mass is 35.5. The molecule has 0 spiro atoms. The van der Waals surface area contributed by atoms with Gasteiger partial charge in [-0.25, -0.2) is 0 Å². The first-order chi connectivity index (χ1) is 12.9. The van der Waals surface area contributed by atoms with Crippen LogP contribution >= 0.6 is 34.7 Å². The molecule has 1 aromatic heterocycles. The van der Waals surface area contributed by atoms with Crippen molar-refractivity contribution in [1.82, 2.24) is 9.69 Å². The highest BCUT2D eigenvalue weighted by molar-refractivity contribution is 7.11. The number of anilines is 1. The van der Waals surface area contributed by atoms with Crippen LogP contribution in [-0.2, 0) is 6.54 Å². The molecule has 3 aromatic rings. The summed E-state index contributed by atoms with van der Waals surface area (Å²) in [7, 11) is 0. The summed E-state index contributed by atoms with van der Waals surface area (Å²) in [5, 5.41) is 7.17. The fourth-order valence-electron chi connectivity index (χ4n) is 2.37. The van der Waals surface area contributed by atoms with E-state index in [2.05, 4.69) is 15.0 Å². The normalized spacial score (nSPS) is 10.5. The molecular weight excluding hydrogens is 405 g/mol. The minimum absolute atomic E-state index is 0.303. The first-order valence-electron chi connectivity index (χ1n) is 8.00. The summed E-state index contributed by atoms with van der Waals surface area (Å²) in [6.07, 6.45) is 0. The second kappa shape index (κ2) is 8.52. The second-order valence-corrected chi connectivity index (χ2v) is 7.39. The van der Waals surface area contributed by atoms with Gasteiger partial charge in [-0.05, 0) is 60.4 Å². The summed E-state index contributed by atoms with van der Waals surface area (Å²) in [5.41, 5.74) is 2.27. The molecule has 0 bridgehead atoms. The van der Waals surface area contributed by atoms with Crippen LogP contribution in [-0.4, -0.2) is 16.2 Å². The van der Waals surface area contributed by atoms with Crippen molar-refractivity contribution in [3.8, 4) is 0 Å². The number of rotatable bonds is 5. The number of halogens is 2. The molecule has 2 aromatic carbocycles. The lowest BCUT2D eigenvalue weighted by molar-refractivity contribution is 0.0951. The minimum atomic E-state index is -0.331. The molecule has 2 N–H and O–H groups in total. The van der Waals surface area contributed by atoms with Gasteiger partial charge in [0, 0.05) is 22.2 Å². The van der Waals surface area contributed by atoms with Crippen molar-refractivity contribution in [3.05, 3.63) is 81.0 Å².